The molecule has 5 nitrogen and oxygen atoms in total. The first-order valence-corrected chi connectivity index (χ1v) is 7.67. The van der Waals surface area contributed by atoms with Gasteiger partial charge in [-0.1, -0.05) is 27.7 Å². The van der Waals surface area contributed by atoms with Crippen LogP contribution in [0.4, 0.5) is 10.7 Å². The number of hydrogen-bond donors (Lipinski definition) is 3. The number of nitrogens with one attached hydrogen (secondary N) is 1. The van der Waals surface area contributed by atoms with Gasteiger partial charge >= 0.3 is 0 Å². The molecule has 6 heteroatoms. The Morgan fingerprint density at radius 1 is 1.25 bits per heavy atom. The molecule has 1 aromatic rings. The first-order valence-electron chi connectivity index (χ1n) is 6.86. The number of hydrogen-bond acceptors (Lipinski definition) is 5. The summed E-state index contributed by atoms with van der Waals surface area (Å²) in [6.07, 6.45) is 1.83. The number of amides is 1. The molecule has 0 saturated heterocycles. The first-order chi connectivity index (χ1) is 9.33. The van der Waals surface area contributed by atoms with Gasteiger partial charge in [0.25, 0.3) is 5.91 Å². The van der Waals surface area contributed by atoms with E-state index in [9.17, 15) is 9.59 Å². The van der Waals surface area contributed by atoms with Crippen LogP contribution in [-0.2, 0) is 0 Å². The lowest BCUT2D eigenvalue weighted by molar-refractivity contribution is 0.0944. The maximum absolute atomic E-state index is 12.1. The molecular formula is C14H23N3O2S. The van der Waals surface area contributed by atoms with Gasteiger partial charge in [-0.25, -0.2) is 0 Å². The zero-order valence-corrected chi connectivity index (χ0v) is 13.3. The van der Waals surface area contributed by atoms with Gasteiger partial charge in [-0.05, 0) is 12.8 Å². The zero-order valence-electron chi connectivity index (χ0n) is 12.4. The van der Waals surface area contributed by atoms with Crippen LogP contribution in [-0.4, -0.2) is 17.7 Å². The zero-order chi connectivity index (χ0) is 15.4. The smallest absolute Gasteiger partial charge is 0.253 e. The van der Waals surface area contributed by atoms with E-state index < -0.39 is 5.91 Å². The average Bonchev–Trinajstić information content (AvgIpc) is 2.71. The van der Waals surface area contributed by atoms with Crippen molar-refractivity contribution in [1.29, 1.82) is 0 Å². The maximum Gasteiger partial charge on any atom is 0.253 e. The molecule has 0 aliphatic carbocycles. The summed E-state index contributed by atoms with van der Waals surface area (Å²) < 4.78 is 0. The van der Waals surface area contributed by atoms with Gasteiger partial charge in [-0.3, -0.25) is 9.59 Å². The Labute approximate surface area is 123 Å². The molecule has 0 atom stereocenters. The topological polar surface area (TPSA) is 98.2 Å². The van der Waals surface area contributed by atoms with Crippen LogP contribution in [0.3, 0.4) is 0 Å². The Hall–Kier alpha value is -1.56. The minimum Gasteiger partial charge on any atom is -0.397 e. The number of nitrogens with two attached hydrogens (primary N) is 2. The third kappa shape index (κ3) is 3.30. The highest BCUT2D eigenvalue weighted by Gasteiger charge is 2.26. The molecule has 0 radical (unpaired) electrons. The van der Waals surface area contributed by atoms with Gasteiger partial charge in [-0.2, -0.15) is 0 Å². The average molecular weight is 297 g/mol. The lowest BCUT2D eigenvalue weighted by Crippen LogP contribution is -2.20. The standard InChI is InChI=1S/C14H23N3O2S/c1-5-8(6-2)17-14-9(13(16)19)10(15)12(20-14)11(18)7(3)4/h7-8,17H,5-6,15H2,1-4H3,(H2,16,19). The van der Waals surface area contributed by atoms with Gasteiger partial charge in [0.1, 0.15) is 5.00 Å². The van der Waals surface area contributed by atoms with Crippen LogP contribution in [0.1, 0.15) is 60.6 Å². The predicted octanol–water partition coefficient (Wildman–Crippen LogP) is 2.87. The SMILES string of the molecule is CCC(CC)Nc1sc(C(=O)C(C)C)c(N)c1C(N)=O. The molecule has 20 heavy (non-hydrogen) atoms. The molecule has 1 heterocycles. The highest BCUT2D eigenvalue weighted by atomic mass is 32.1. The van der Waals surface area contributed by atoms with Gasteiger partial charge in [0.2, 0.25) is 0 Å². The van der Waals surface area contributed by atoms with Gasteiger partial charge in [0, 0.05) is 12.0 Å². The summed E-state index contributed by atoms with van der Waals surface area (Å²) in [4.78, 5) is 24.2. The van der Waals surface area contributed by atoms with Crippen LogP contribution in [0.15, 0.2) is 0 Å². The summed E-state index contributed by atoms with van der Waals surface area (Å²) >= 11 is 1.22. The number of primary amides is 1. The van der Waals surface area contributed by atoms with Crippen molar-refractivity contribution < 1.29 is 9.59 Å². The van der Waals surface area contributed by atoms with Crippen molar-refractivity contribution in [1.82, 2.24) is 0 Å². The number of ketones is 1. The molecule has 0 spiro atoms. The summed E-state index contributed by atoms with van der Waals surface area (Å²) in [5.74, 6) is -0.833. The molecule has 5 N–H and O–H groups in total. The summed E-state index contributed by atoms with van der Waals surface area (Å²) in [6, 6.07) is 0.230. The molecule has 112 valence electrons. The minimum atomic E-state index is -0.602. The molecule has 0 bridgehead atoms. The van der Waals surface area contributed by atoms with Gasteiger partial charge in [-0.15, -0.1) is 11.3 Å². The fourth-order valence-electron chi connectivity index (χ4n) is 1.91. The third-order valence-electron chi connectivity index (χ3n) is 3.26. The Bertz CT molecular complexity index is 505. The molecular weight excluding hydrogens is 274 g/mol. The van der Waals surface area contributed by atoms with Gasteiger partial charge in [0.15, 0.2) is 5.78 Å². The second-order valence-corrected chi connectivity index (χ2v) is 6.11. The molecule has 0 aliphatic heterocycles. The number of Topliss-reactive ketones (excluding diaryl/α,β-unsaturated/α-hetero) is 1. The van der Waals surface area contributed by atoms with Crippen LogP contribution in [0.5, 0.6) is 0 Å². The lowest BCUT2D eigenvalue weighted by atomic mass is 10.1. The van der Waals surface area contributed by atoms with Crippen molar-refractivity contribution >= 4 is 33.7 Å². The van der Waals surface area contributed by atoms with Crippen molar-refractivity contribution in [3.8, 4) is 0 Å². The van der Waals surface area contributed by atoms with Crippen molar-refractivity contribution in [3.05, 3.63) is 10.4 Å². The quantitative estimate of drug-likeness (QED) is 0.674. The summed E-state index contributed by atoms with van der Waals surface area (Å²) in [5.41, 5.74) is 11.8. The Morgan fingerprint density at radius 3 is 2.20 bits per heavy atom. The molecule has 1 amide bonds. The van der Waals surface area contributed by atoms with Crippen LogP contribution in [0.2, 0.25) is 0 Å². The summed E-state index contributed by atoms with van der Waals surface area (Å²) in [7, 11) is 0. The molecule has 0 unspecified atom stereocenters. The number of nitrogen functional groups attached to an aromatic ring is 1. The second-order valence-electron chi connectivity index (χ2n) is 5.09. The van der Waals surface area contributed by atoms with Gasteiger partial charge < -0.3 is 16.8 Å². The monoisotopic (exact) mass is 297 g/mol. The number of thiophene rings is 1. The van der Waals surface area contributed by atoms with E-state index in [1.54, 1.807) is 13.8 Å². The Kier molecular flexibility index (Phi) is 5.56. The van der Waals surface area contributed by atoms with Crippen molar-refractivity contribution in [2.24, 2.45) is 11.7 Å². The molecule has 1 aromatic heterocycles. The Balaban J connectivity index is 3.26. The van der Waals surface area contributed by atoms with E-state index in [4.69, 9.17) is 11.5 Å². The highest BCUT2D eigenvalue weighted by Crippen LogP contribution is 2.37. The lowest BCUT2D eigenvalue weighted by Gasteiger charge is -2.15. The van der Waals surface area contributed by atoms with E-state index in [1.807, 2.05) is 0 Å². The third-order valence-corrected chi connectivity index (χ3v) is 4.41. The predicted molar refractivity (Wildman–Crippen MR) is 84.4 cm³/mol. The molecule has 0 aliphatic rings. The summed E-state index contributed by atoms with van der Waals surface area (Å²) in [6.45, 7) is 7.73. The second kappa shape index (κ2) is 6.74. The molecule has 0 fully saturated rings. The fourth-order valence-corrected chi connectivity index (χ4v) is 3.20. The number of anilines is 2. The molecule has 0 aromatic carbocycles. The van der Waals surface area contributed by atoms with E-state index >= 15 is 0 Å². The van der Waals surface area contributed by atoms with E-state index in [2.05, 4.69) is 19.2 Å². The number of carbonyl (C=O) groups excluding carboxylic acids is 2. The van der Waals surface area contributed by atoms with Crippen molar-refractivity contribution in [2.75, 3.05) is 11.1 Å². The van der Waals surface area contributed by atoms with Crippen molar-refractivity contribution in [3.63, 3.8) is 0 Å². The van der Waals surface area contributed by atoms with Crippen LogP contribution < -0.4 is 16.8 Å². The number of rotatable bonds is 7. The van der Waals surface area contributed by atoms with E-state index in [-0.39, 0.29) is 29.0 Å². The fraction of sp³-hybridized carbons (Fsp3) is 0.571. The van der Waals surface area contributed by atoms with Gasteiger partial charge in [0.05, 0.1) is 16.1 Å². The maximum atomic E-state index is 12.1. The first kappa shape index (κ1) is 16.5. The number of carbonyl (C=O) groups is 2. The molecule has 0 saturated carbocycles. The minimum absolute atomic E-state index is 0.0624. The Morgan fingerprint density at radius 2 is 1.80 bits per heavy atom. The van der Waals surface area contributed by atoms with Crippen LogP contribution in [0.25, 0.3) is 0 Å². The van der Waals surface area contributed by atoms with Crippen LogP contribution in [0, 0.1) is 5.92 Å². The normalized spacial score (nSPS) is 11.1. The highest BCUT2D eigenvalue weighted by molar-refractivity contribution is 7.19. The largest absolute Gasteiger partial charge is 0.397 e. The van der Waals surface area contributed by atoms with E-state index in [1.165, 1.54) is 11.3 Å². The molecule has 1 rings (SSSR count). The van der Waals surface area contributed by atoms with E-state index in [0.717, 1.165) is 12.8 Å². The van der Waals surface area contributed by atoms with Crippen molar-refractivity contribution in [2.45, 2.75) is 46.6 Å². The summed E-state index contributed by atoms with van der Waals surface area (Å²) in [5, 5.41) is 3.87. The van der Waals surface area contributed by atoms with Crippen LogP contribution >= 0.6 is 11.3 Å². The van der Waals surface area contributed by atoms with E-state index in [0.29, 0.717) is 9.88 Å².